The van der Waals surface area contributed by atoms with Crippen molar-refractivity contribution in [3.63, 3.8) is 0 Å². The van der Waals surface area contributed by atoms with Gasteiger partial charge in [0.05, 0.1) is 5.92 Å². The number of amides is 1. The van der Waals surface area contributed by atoms with Gasteiger partial charge < -0.3 is 15.2 Å². The Labute approximate surface area is 170 Å². The average molecular weight is 400 g/mol. The minimum atomic E-state index is -0.700. The Bertz CT molecular complexity index is 896. The molecule has 0 saturated heterocycles. The third-order valence-electron chi connectivity index (χ3n) is 5.50. The lowest BCUT2D eigenvalue weighted by Gasteiger charge is -2.33. The maximum atomic E-state index is 12.4. The molecule has 2 aromatic carbocycles. The van der Waals surface area contributed by atoms with E-state index in [2.05, 4.69) is 5.32 Å². The van der Waals surface area contributed by atoms with Crippen LogP contribution in [0, 0.1) is 16.0 Å². The van der Waals surface area contributed by atoms with Crippen molar-refractivity contribution in [2.45, 2.75) is 50.7 Å². The molecule has 0 spiro atoms. The summed E-state index contributed by atoms with van der Waals surface area (Å²) in [5.74, 6) is -1.04. The number of alkyl carbamates (subject to hydrolysis) is 1. The molecule has 2 aromatic rings. The van der Waals surface area contributed by atoms with E-state index in [9.17, 15) is 20.0 Å². The van der Waals surface area contributed by atoms with Crippen molar-refractivity contribution in [2.24, 2.45) is 5.92 Å². The van der Waals surface area contributed by atoms with Crippen LogP contribution in [-0.2, 0) is 4.74 Å². The number of rotatable bonds is 7. The van der Waals surface area contributed by atoms with Crippen LogP contribution < -0.4 is 5.32 Å². The summed E-state index contributed by atoms with van der Waals surface area (Å²) in [6.45, 7) is 4.75. The quantitative estimate of drug-likeness (QED) is 0.543. The van der Waals surface area contributed by atoms with Crippen LogP contribution in [0.3, 0.4) is 0 Å². The Hall–Kier alpha value is -2.67. The number of benzene rings is 2. The molecule has 1 saturated carbocycles. The smallest absolute Gasteiger partial charge is 0.408 e. The predicted molar refractivity (Wildman–Crippen MR) is 110 cm³/mol. The van der Waals surface area contributed by atoms with E-state index >= 15 is 0 Å². The minimum Gasteiger partial charge on any atom is -0.444 e. The van der Waals surface area contributed by atoms with Gasteiger partial charge in [-0.15, -0.1) is 0 Å². The number of fused-ring (bicyclic) bond motifs is 1. The first-order valence-corrected chi connectivity index (χ1v) is 9.87. The van der Waals surface area contributed by atoms with Gasteiger partial charge in [0.1, 0.15) is 5.60 Å². The SMILES string of the molecule is CC(C)(C)OC(=O)NC1([C@H](CO)[C@H](C[N+](=O)[O-])c2cccc3ccccc23)CC1. The van der Waals surface area contributed by atoms with Gasteiger partial charge in [-0.1, -0.05) is 42.5 Å². The lowest BCUT2D eigenvalue weighted by atomic mass is 9.78. The van der Waals surface area contributed by atoms with Gasteiger partial charge in [0.2, 0.25) is 6.54 Å². The van der Waals surface area contributed by atoms with Crippen LogP contribution in [0.5, 0.6) is 0 Å². The topological polar surface area (TPSA) is 102 Å². The maximum absolute atomic E-state index is 12.4. The lowest BCUT2D eigenvalue weighted by Crippen LogP contribution is -2.48. The van der Waals surface area contributed by atoms with E-state index in [-0.39, 0.29) is 18.1 Å². The van der Waals surface area contributed by atoms with Gasteiger partial charge in [-0.05, 0) is 49.9 Å². The van der Waals surface area contributed by atoms with E-state index in [0.717, 1.165) is 16.3 Å². The highest BCUT2D eigenvalue weighted by atomic mass is 16.6. The highest BCUT2D eigenvalue weighted by molar-refractivity contribution is 5.86. The molecule has 2 N–H and O–H groups in total. The second kappa shape index (κ2) is 7.99. The molecule has 29 heavy (non-hydrogen) atoms. The Kier molecular flexibility index (Phi) is 5.80. The maximum Gasteiger partial charge on any atom is 0.408 e. The van der Waals surface area contributed by atoms with E-state index < -0.39 is 29.1 Å². The predicted octanol–water partition coefficient (Wildman–Crippen LogP) is 3.87. The first-order valence-electron chi connectivity index (χ1n) is 9.87. The van der Waals surface area contributed by atoms with Gasteiger partial charge >= 0.3 is 6.09 Å². The fraction of sp³-hybridized carbons (Fsp3) is 0.500. The number of ether oxygens (including phenoxy) is 1. The molecular formula is C22H28N2O5. The van der Waals surface area contributed by atoms with E-state index in [4.69, 9.17) is 4.74 Å². The Morgan fingerprint density at radius 2 is 1.90 bits per heavy atom. The van der Waals surface area contributed by atoms with Gasteiger partial charge in [0.25, 0.3) is 0 Å². The molecule has 0 aliphatic heterocycles. The first-order chi connectivity index (χ1) is 13.6. The molecule has 1 aliphatic carbocycles. The molecule has 0 unspecified atom stereocenters. The third-order valence-corrected chi connectivity index (χ3v) is 5.50. The fourth-order valence-electron chi connectivity index (χ4n) is 4.09. The molecule has 7 nitrogen and oxygen atoms in total. The van der Waals surface area contributed by atoms with Crippen molar-refractivity contribution in [3.05, 3.63) is 58.1 Å². The van der Waals surface area contributed by atoms with Crippen LogP contribution in [0.2, 0.25) is 0 Å². The van der Waals surface area contributed by atoms with Gasteiger partial charge in [-0.2, -0.15) is 0 Å². The largest absolute Gasteiger partial charge is 0.444 e. The zero-order valence-corrected chi connectivity index (χ0v) is 17.1. The summed E-state index contributed by atoms with van der Waals surface area (Å²) in [5.41, 5.74) is -0.532. The standard InChI is InChI=1S/C22H28N2O5/c1-21(2,3)29-20(26)23-22(11-12-22)19(14-25)18(13-24(27)28)17-10-6-8-15-7-4-5-9-16(15)17/h4-10,18-19,25H,11-14H2,1-3H3,(H,23,26)/t18-,19-/m1/s1. The van der Waals surface area contributed by atoms with Crippen molar-refractivity contribution in [1.29, 1.82) is 0 Å². The van der Waals surface area contributed by atoms with Crippen molar-refractivity contribution in [3.8, 4) is 0 Å². The molecule has 1 aliphatic rings. The van der Waals surface area contributed by atoms with Crippen LogP contribution in [0.25, 0.3) is 10.8 Å². The molecule has 0 aromatic heterocycles. The normalized spacial score (nSPS) is 17.4. The minimum absolute atomic E-state index is 0.266. The summed E-state index contributed by atoms with van der Waals surface area (Å²) in [7, 11) is 0. The fourth-order valence-corrected chi connectivity index (χ4v) is 4.09. The number of aliphatic hydroxyl groups excluding tert-OH is 1. The zero-order chi connectivity index (χ0) is 21.2. The van der Waals surface area contributed by atoms with E-state index in [1.54, 1.807) is 20.8 Å². The van der Waals surface area contributed by atoms with Gasteiger partial charge in [-0.25, -0.2) is 4.79 Å². The van der Waals surface area contributed by atoms with Crippen LogP contribution >= 0.6 is 0 Å². The Balaban J connectivity index is 1.96. The number of hydrogen-bond acceptors (Lipinski definition) is 5. The summed E-state index contributed by atoms with van der Waals surface area (Å²) in [6, 6.07) is 13.4. The second-order valence-electron chi connectivity index (χ2n) is 8.76. The summed E-state index contributed by atoms with van der Waals surface area (Å²) < 4.78 is 5.38. The van der Waals surface area contributed by atoms with E-state index in [1.165, 1.54) is 0 Å². The number of nitro groups is 1. The highest BCUT2D eigenvalue weighted by Gasteiger charge is 2.54. The molecule has 0 radical (unpaired) electrons. The molecule has 1 fully saturated rings. The van der Waals surface area contributed by atoms with Gasteiger partial charge in [0, 0.05) is 23.0 Å². The zero-order valence-electron chi connectivity index (χ0n) is 17.1. The van der Waals surface area contributed by atoms with Crippen LogP contribution in [0.15, 0.2) is 42.5 Å². The number of aliphatic hydroxyl groups is 1. The summed E-state index contributed by atoms with van der Waals surface area (Å²) >= 11 is 0. The average Bonchev–Trinajstić information content (AvgIpc) is 3.39. The molecule has 1 amide bonds. The van der Waals surface area contributed by atoms with Crippen molar-refractivity contribution in [2.75, 3.05) is 13.2 Å². The van der Waals surface area contributed by atoms with Crippen LogP contribution in [0.1, 0.15) is 45.1 Å². The molecule has 0 bridgehead atoms. The number of carbonyl (C=O) groups excluding carboxylic acids is 1. The molecule has 2 atom stereocenters. The summed E-state index contributed by atoms with van der Waals surface area (Å²) in [4.78, 5) is 23.5. The van der Waals surface area contributed by atoms with Crippen LogP contribution in [0.4, 0.5) is 4.79 Å². The Morgan fingerprint density at radius 3 is 2.48 bits per heavy atom. The number of nitrogens with zero attached hydrogens (tertiary/aromatic N) is 1. The van der Waals surface area contributed by atoms with Crippen molar-refractivity contribution >= 4 is 16.9 Å². The monoisotopic (exact) mass is 400 g/mol. The summed E-state index contributed by atoms with van der Waals surface area (Å²) in [6.07, 6.45) is 0.735. The lowest BCUT2D eigenvalue weighted by molar-refractivity contribution is -0.485. The highest BCUT2D eigenvalue weighted by Crippen LogP contribution is 2.49. The van der Waals surface area contributed by atoms with Crippen molar-refractivity contribution < 1.29 is 19.6 Å². The molecular weight excluding hydrogens is 372 g/mol. The number of nitrogens with one attached hydrogen (secondary N) is 1. The van der Waals surface area contributed by atoms with Gasteiger partial charge in [0.15, 0.2) is 0 Å². The number of carbonyl (C=O) groups is 1. The van der Waals surface area contributed by atoms with Gasteiger partial charge in [-0.3, -0.25) is 10.1 Å². The number of hydrogen-bond donors (Lipinski definition) is 2. The van der Waals surface area contributed by atoms with E-state index in [1.807, 2.05) is 42.5 Å². The Morgan fingerprint density at radius 1 is 1.24 bits per heavy atom. The molecule has 0 heterocycles. The summed E-state index contributed by atoms with van der Waals surface area (Å²) in [5, 5.41) is 26.6. The van der Waals surface area contributed by atoms with Crippen molar-refractivity contribution in [1.82, 2.24) is 5.32 Å². The molecule has 156 valence electrons. The third kappa shape index (κ3) is 4.85. The van der Waals surface area contributed by atoms with E-state index in [0.29, 0.717) is 12.8 Å². The second-order valence-corrected chi connectivity index (χ2v) is 8.76. The molecule has 7 heteroatoms. The first kappa shape index (κ1) is 21.0. The molecule has 3 rings (SSSR count). The van der Waals surface area contributed by atoms with Crippen LogP contribution in [-0.4, -0.2) is 40.4 Å².